The number of hydrogen-bond donors (Lipinski definition) is 1. The monoisotopic (exact) mass is 316 g/mol. The smallest absolute Gasteiger partial charge is 0.166 e. The van der Waals surface area contributed by atoms with Crippen LogP contribution in [0.4, 0.5) is 8.78 Å². The normalized spacial score (nSPS) is 12.7. The minimum Gasteiger partial charge on any atom is -0.321 e. The Morgan fingerprint density at radius 1 is 1.44 bits per heavy atom. The molecule has 1 heterocycles. The van der Waals surface area contributed by atoms with Crippen LogP contribution in [0.1, 0.15) is 24.4 Å². The quantitative estimate of drug-likeness (QED) is 0.885. The third-order valence-electron chi connectivity index (χ3n) is 2.42. The van der Waals surface area contributed by atoms with E-state index >= 15 is 0 Å². The molecule has 0 aliphatic heterocycles. The third-order valence-corrected chi connectivity index (χ3v) is 3.03. The summed E-state index contributed by atoms with van der Waals surface area (Å²) >= 11 is 3.02. The second-order valence-electron chi connectivity index (χ2n) is 3.91. The first-order valence-corrected chi connectivity index (χ1v) is 6.05. The van der Waals surface area contributed by atoms with Gasteiger partial charge in [0.2, 0.25) is 0 Å². The topological polar surface area (TPSA) is 56.7 Å². The summed E-state index contributed by atoms with van der Waals surface area (Å²) in [6.45, 7) is 1.71. The van der Waals surface area contributed by atoms with Gasteiger partial charge in [-0.15, -0.1) is 0 Å². The van der Waals surface area contributed by atoms with Crippen LogP contribution in [0.2, 0.25) is 0 Å². The fourth-order valence-electron chi connectivity index (χ4n) is 1.47. The molecule has 0 radical (unpaired) electrons. The van der Waals surface area contributed by atoms with Crippen molar-refractivity contribution in [1.29, 1.82) is 0 Å². The Morgan fingerprint density at radius 3 is 2.78 bits per heavy atom. The SMILES string of the molecule is CC(N)c1ncn(Cc2c(F)ccc(Br)c2F)n1. The van der Waals surface area contributed by atoms with Crippen LogP contribution in [-0.4, -0.2) is 14.8 Å². The summed E-state index contributed by atoms with van der Waals surface area (Å²) in [5, 5.41) is 4.05. The van der Waals surface area contributed by atoms with Gasteiger partial charge >= 0.3 is 0 Å². The molecule has 0 aliphatic rings. The zero-order valence-electron chi connectivity index (χ0n) is 9.57. The lowest BCUT2D eigenvalue weighted by molar-refractivity contribution is 0.526. The number of aromatic nitrogens is 3. The lowest BCUT2D eigenvalue weighted by Gasteiger charge is -2.06. The molecule has 1 atom stereocenters. The number of rotatable bonds is 3. The summed E-state index contributed by atoms with van der Waals surface area (Å²) in [6, 6.07) is 2.21. The van der Waals surface area contributed by atoms with Gasteiger partial charge in [-0.1, -0.05) is 0 Å². The molecule has 1 aromatic carbocycles. The lowest BCUT2D eigenvalue weighted by atomic mass is 10.2. The highest BCUT2D eigenvalue weighted by atomic mass is 79.9. The van der Waals surface area contributed by atoms with Crippen molar-refractivity contribution in [3.8, 4) is 0 Å². The average molecular weight is 317 g/mol. The van der Waals surface area contributed by atoms with Crippen LogP contribution in [0.15, 0.2) is 22.9 Å². The number of benzene rings is 1. The number of nitrogens with zero attached hydrogens (tertiary/aromatic N) is 3. The highest BCUT2D eigenvalue weighted by molar-refractivity contribution is 9.10. The molecule has 2 N–H and O–H groups in total. The summed E-state index contributed by atoms with van der Waals surface area (Å²) in [5.74, 6) is -0.813. The molecule has 0 saturated heterocycles. The molecule has 2 rings (SSSR count). The Hall–Kier alpha value is -1.34. The van der Waals surface area contributed by atoms with E-state index in [0.717, 1.165) is 0 Å². The van der Waals surface area contributed by atoms with E-state index in [1.165, 1.54) is 23.1 Å². The molecular weight excluding hydrogens is 306 g/mol. The van der Waals surface area contributed by atoms with Crippen LogP contribution in [0.3, 0.4) is 0 Å². The van der Waals surface area contributed by atoms with Gasteiger partial charge in [0, 0.05) is 5.56 Å². The maximum absolute atomic E-state index is 13.7. The van der Waals surface area contributed by atoms with Crippen molar-refractivity contribution < 1.29 is 8.78 Å². The molecule has 0 saturated carbocycles. The molecule has 4 nitrogen and oxygen atoms in total. The Labute approximate surface area is 111 Å². The van der Waals surface area contributed by atoms with Crippen LogP contribution < -0.4 is 5.73 Å². The van der Waals surface area contributed by atoms with Gasteiger partial charge in [-0.25, -0.2) is 18.4 Å². The molecule has 96 valence electrons. The van der Waals surface area contributed by atoms with Crippen molar-refractivity contribution in [3.63, 3.8) is 0 Å². The Morgan fingerprint density at radius 2 is 2.17 bits per heavy atom. The van der Waals surface area contributed by atoms with Gasteiger partial charge in [-0.05, 0) is 35.0 Å². The number of halogens is 3. The first-order valence-electron chi connectivity index (χ1n) is 5.26. The minimum absolute atomic E-state index is 0.0309. The van der Waals surface area contributed by atoms with Crippen molar-refractivity contribution >= 4 is 15.9 Å². The Kier molecular flexibility index (Phi) is 3.72. The second kappa shape index (κ2) is 5.11. The van der Waals surface area contributed by atoms with E-state index in [0.29, 0.717) is 5.82 Å². The van der Waals surface area contributed by atoms with E-state index in [-0.39, 0.29) is 22.6 Å². The maximum Gasteiger partial charge on any atom is 0.166 e. The molecule has 0 bridgehead atoms. The summed E-state index contributed by atoms with van der Waals surface area (Å²) in [6.07, 6.45) is 1.40. The van der Waals surface area contributed by atoms with Crippen LogP contribution in [0, 0.1) is 11.6 Å². The van der Waals surface area contributed by atoms with Crippen LogP contribution in [0.5, 0.6) is 0 Å². The van der Waals surface area contributed by atoms with Crippen molar-refractivity contribution in [2.45, 2.75) is 19.5 Å². The van der Waals surface area contributed by atoms with Gasteiger partial charge in [0.15, 0.2) is 5.82 Å². The predicted octanol–water partition coefficient (Wildman–Crippen LogP) is 2.39. The fourth-order valence-corrected chi connectivity index (χ4v) is 1.84. The lowest BCUT2D eigenvalue weighted by Crippen LogP contribution is -2.10. The molecule has 7 heteroatoms. The first kappa shape index (κ1) is 13.1. The van der Waals surface area contributed by atoms with E-state index in [1.54, 1.807) is 6.92 Å². The largest absolute Gasteiger partial charge is 0.321 e. The highest BCUT2D eigenvalue weighted by Gasteiger charge is 2.14. The molecule has 18 heavy (non-hydrogen) atoms. The molecular formula is C11H11BrF2N4. The van der Waals surface area contributed by atoms with E-state index in [4.69, 9.17) is 5.73 Å². The molecule has 1 aromatic heterocycles. The molecule has 0 aliphatic carbocycles. The van der Waals surface area contributed by atoms with Gasteiger partial charge in [-0.2, -0.15) is 5.10 Å². The summed E-state index contributed by atoms with van der Waals surface area (Å²) in [4.78, 5) is 3.96. The van der Waals surface area contributed by atoms with Crippen molar-refractivity contribution in [2.24, 2.45) is 5.73 Å². The highest BCUT2D eigenvalue weighted by Crippen LogP contribution is 2.22. The third kappa shape index (κ3) is 2.56. The summed E-state index contributed by atoms with van der Waals surface area (Å²) < 4.78 is 28.8. The van der Waals surface area contributed by atoms with Crippen LogP contribution in [0.25, 0.3) is 0 Å². The zero-order chi connectivity index (χ0) is 13.3. The standard InChI is InChI=1S/C11H11BrF2N4/c1-6(15)11-16-5-18(17-11)4-7-9(13)3-2-8(12)10(7)14/h2-3,5-6H,4,15H2,1H3. The van der Waals surface area contributed by atoms with Gasteiger partial charge in [0.25, 0.3) is 0 Å². The van der Waals surface area contributed by atoms with E-state index < -0.39 is 11.6 Å². The van der Waals surface area contributed by atoms with Crippen LogP contribution in [-0.2, 0) is 6.54 Å². The summed E-state index contributed by atoms with van der Waals surface area (Å²) in [5.41, 5.74) is 5.55. The molecule has 2 aromatic rings. The predicted molar refractivity (Wildman–Crippen MR) is 65.8 cm³/mol. The maximum atomic E-state index is 13.7. The first-order chi connectivity index (χ1) is 8.49. The summed E-state index contributed by atoms with van der Waals surface area (Å²) in [7, 11) is 0. The van der Waals surface area contributed by atoms with E-state index in [2.05, 4.69) is 26.0 Å². The molecule has 0 spiro atoms. The number of hydrogen-bond acceptors (Lipinski definition) is 3. The minimum atomic E-state index is -0.632. The van der Waals surface area contributed by atoms with E-state index in [1.807, 2.05) is 0 Å². The number of nitrogens with two attached hydrogens (primary N) is 1. The van der Waals surface area contributed by atoms with Crippen molar-refractivity contribution in [2.75, 3.05) is 0 Å². The molecule has 0 fully saturated rings. The van der Waals surface area contributed by atoms with Crippen molar-refractivity contribution in [1.82, 2.24) is 14.8 Å². The van der Waals surface area contributed by atoms with Crippen molar-refractivity contribution in [3.05, 3.63) is 46.0 Å². The van der Waals surface area contributed by atoms with Gasteiger partial charge in [0.05, 0.1) is 17.1 Å². The van der Waals surface area contributed by atoms with Gasteiger partial charge in [0.1, 0.15) is 18.0 Å². The Bertz CT molecular complexity index is 568. The molecule has 1 unspecified atom stereocenters. The zero-order valence-corrected chi connectivity index (χ0v) is 11.2. The van der Waals surface area contributed by atoms with Crippen LogP contribution >= 0.6 is 15.9 Å². The average Bonchev–Trinajstić information content (AvgIpc) is 2.78. The molecule has 0 amide bonds. The Balaban J connectivity index is 2.31. The fraction of sp³-hybridized carbons (Fsp3) is 0.273. The van der Waals surface area contributed by atoms with Gasteiger partial charge < -0.3 is 5.73 Å². The van der Waals surface area contributed by atoms with E-state index in [9.17, 15) is 8.78 Å². The van der Waals surface area contributed by atoms with Gasteiger partial charge in [-0.3, -0.25) is 0 Å². The second-order valence-corrected chi connectivity index (χ2v) is 4.77.